The van der Waals surface area contributed by atoms with Gasteiger partial charge in [0.15, 0.2) is 0 Å². The summed E-state index contributed by atoms with van der Waals surface area (Å²) in [5, 5.41) is 43.3. The summed E-state index contributed by atoms with van der Waals surface area (Å²) in [6.07, 6.45) is 1.64. The molecule has 1 heterocycles. The normalized spacial score (nSPS) is 46.0. The van der Waals surface area contributed by atoms with E-state index in [1.54, 1.807) is 0 Å². The van der Waals surface area contributed by atoms with Gasteiger partial charge in [-0.15, -0.1) is 0 Å². The zero-order valence-corrected chi connectivity index (χ0v) is 14.8. The van der Waals surface area contributed by atoms with Crippen LogP contribution in [0.25, 0.3) is 0 Å². The fourth-order valence-corrected chi connectivity index (χ4v) is 4.65. The van der Waals surface area contributed by atoms with Crippen molar-refractivity contribution < 1.29 is 25.2 Å². The van der Waals surface area contributed by atoms with E-state index in [1.165, 1.54) is 19.3 Å². The summed E-state index contributed by atoms with van der Waals surface area (Å²) in [5.41, 5.74) is 0.139. The lowest BCUT2D eigenvalue weighted by atomic mass is 9.77. The Balaban J connectivity index is 1.61. The number of rotatable bonds is 5. The van der Waals surface area contributed by atoms with Gasteiger partial charge in [0.1, 0.15) is 24.4 Å². The van der Waals surface area contributed by atoms with Gasteiger partial charge in [0.25, 0.3) is 0 Å². The molecular formula is C18H33NO5. The Morgan fingerprint density at radius 3 is 2.25 bits per heavy atom. The summed E-state index contributed by atoms with van der Waals surface area (Å²) >= 11 is 0. The van der Waals surface area contributed by atoms with Crippen molar-refractivity contribution >= 4 is 0 Å². The topological polar surface area (TPSA) is 102 Å². The highest BCUT2D eigenvalue weighted by Crippen LogP contribution is 2.46. The summed E-state index contributed by atoms with van der Waals surface area (Å²) in [7, 11) is 0. The minimum atomic E-state index is -1.27. The van der Waals surface area contributed by atoms with E-state index in [9.17, 15) is 20.4 Å². The van der Waals surface area contributed by atoms with Gasteiger partial charge in [-0.05, 0) is 43.4 Å². The van der Waals surface area contributed by atoms with Crippen molar-refractivity contribution in [2.24, 2.45) is 11.3 Å². The lowest BCUT2D eigenvalue weighted by Gasteiger charge is -2.42. The van der Waals surface area contributed by atoms with E-state index < -0.39 is 30.5 Å². The summed E-state index contributed by atoms with van der Waals surface area (Å²) in [6, 6.07) is 1.16. The highest BCUT2D eigenvalue weighted by atomic mass is 16.5. The van der Waals surface area contributed by atoms with Crippen LogP contribution in [-0.4, -0.2) is 69.6 Å². The van der Waals surface area contributed by atoms with Gasteiger partial charge < -0.3 is 30.5 Å². The van der Waals surface area contributed by atoms with Crippen LogP contribution in [0.1, 0.15) is 52.4 Å². The Bertz CT molecular complexity index is 426. The minimum absolute atomic E-state index is 0.139. The van der Waals surface area contributed by atoms with E-state index in [0.29, 0.717) is 24.4 Å². The first-order chi connectivity index (χ1) is 11.3. The van der Waals surface area contributed by atoms with Gasteiger partial charge in [0.05, 0.1) is 12.7 Å². The molecule has 140 valence electrons. The third-order valence-corrected chi connectivity index (χ3v) is 6.53. The van der Waals surface area contributed by atoms with Crippen LogP contribution in [0.2, 0.25) is 0 Å². The molecule has 0 bridgehead atoms. The highest BCUT2D eigenvalue weighted by Gasteiger charge is 2.48. The zero-order valence-electron chi connectivity index (χ0n) is 14.8. The smallest absolute Gasteiger partial charge is 0.111 e. The Morgan fingerprint density at radius 2 is 1.67 bits per heavy atom. The van der Waals surface area contributed by atoms with Crippen LogP contribution in [0, 0.1) is 11.3 Å². The molecule has 6 heteroatoms. The van der Waals surface area contributed by atoms with E-state index in [1.807, 2.05) is 0 Å². The predicted molar refractivity (Wildman–Crippen MR) is 89.5 cm³/mol. The number of aliphatic hydroxyl groups is 4. The van der Waals surface area contributed by atoms with E-state index >= 15 is 0 Å². The molecule has 0 radical (unpaired) electrons. The summed E-state index contributed by atoms with van der Waals surface area (Å²) in [5.74, 6) is 0.372. The average Bonchev–Trinajstić information content (AvgIpc) is 2.77. The van der Waals surface area contributed by atoms with Gasteiger partial charge in [-0.25, -0.2) is 0 Å². The van der Waals surface area contributed by atoms with Crippen LogP contribution >= 0.6 is 0 Å². The van der Waals surface area contributed by atoms with E-state index in [0.717, 1.165) is 12.8 Å². The second-order valence-electron chi connectivity index (χ2n) is 8.72. The molecular weight excluding hydrogens is 310 g/mol. The van der Waals surface area contributed by atoms with Gasteiger partial charge >= 0.3 is 0 Å². The maximum absolute atomic E-state index is 10.3. The largest absolute Gasteiger partial charge is 0.394 e. The molecule has 0 amide bonds. The van der Waals surface area contributed by atoms with Crippen LogP contribution in [0.15, 0.2) is 0 Å². The molecule has 3 rings (SSSR count). The maximum atomic E-state index is 10.3. The first-order valence-electron chi connectivity index (χ1n) is 9.38. The molecule has 2 saturated carbocycles. The van der Waals surface area contributed by atoms with Crippen molar-refractivity contribution in [3.63, 3.8) is 0 Å². The molecule has 1 saturated heterocycles. The number of hydrogen-bond acceptors (Lipinski definition) is 6. The van der Waals surface area contributed by atoms with Crippen LogP contribution in [0.4, 0.5) is 0 Å². The van der Waals surface area contributed by atoms with Crippen LogP contribution in [0.5, 0.6) is 0 Å². The Labute approximate surface area is 144 Å². The molecule has 7 atom stereocenters. The molecule has 3 aliphatic rings. The molecule has 5 N–H and O–H groups in total. The molecule has 0 aromatic carbocycles. The van der Waals surface area contributed by atoms with Crippen LogP contribution < -0.4 is 5.32 Å². The monoisotopic (exact) mass is 343 g/mol. The van der Waals surface area contributed by atoms with Crippen LogP contribution in [0.3, 0.4) is 0 Å². The van der Waals surface area contributed by atoms with E-state index in [4.69, 9.17) is 4.74 Å². The van der Waals surface area contributed by atoms with Crippen LogP contribution in [-0.2, 0) is 4.74 Å². The predicted octanol–water partition coefficient (Wildman–Crippen LogP) is 0.166. The van der Waals surface area contributed by atoms with Gasteiger partial charge in [0.2, 0.25) is 0 Å². The lowest BCUT2D eigenvalue weighted by Crippen LogP contribution is -2.58. The number of ether oxygens (including phenoxy) is 1. The molecule has 2 aliphatic carbocycles. The quantitative estimate of drug-likeness (QED) is 0.488. The third kappa shape index (κ3) is 3.64. The Kier molecular flexibility index (Phi) is 5.54. The third-order valence-electron chi connectivity index (χ3n) is 6.53. The second-order valence-corrected chi connectivity index (χ2v) is 8.72. The molecule has 1 aliphatic heterocycles. The van der Waals surface area contributed by atoms with Gasteiger partial charge in [-0.3, -0.25) is 0 Å². The molecule has 3 fully saturated rings. The Morgan fingerprint density at radius 1 is 1.00 bits per heavy atom. The summed E-state index contributed by atoms with van der Waals surface area (Å²) in [6.45, 7) is 4.15. The van der Waals surface area contributed by atoms with Gasteiger partial charge in [0, 0.05) is 12.1 Å². The zero-order chi connectivity index (χ0) is 17.5. The summed E-state index contributed by atoms with van der Waals surface area (Å²) in [4.78, 5) is 0. The molecule has 0 aromatic rings. The van der Waals surface area contributed by atoms with Gasteiger partial charge in [-0.1, -0.05) is 20.3 Å². The summed E-state index contributed by atoms with van der Waals surface area (Å²) < 4.78 is 5.70. The van der Waals surface area contributed by atoms with Crippen molar-refractivity contribution in [3.8, 4) is 0 Å². The average molecular weight is 343 g/mol. The van der Waals surface area contributed by atoms with E-state index in [2.05, 4.69) is 19.2 Å². The molecule has 2 unspecified atom stereocenters. The standard InChI is InChI=1S/C18H33NO5/c1-18(2)8-12(19-11-4-3-5-11)6-10(18)7-13-15(21)17(23)16(22)14(9-20)24-13/h10-17,19-23H,3-9H2,1-2H3/t10?,12?,13-,14+,15-,16-,17+/m0/s1. The van der Waals surface area contributed by atoms with Crippen molar-refractivity contribution in [1.29, 1.82) is 0 Å². The fourth-order valence-electron chi connectivity index (χ4n) is 4.65. The second kappa shape index (κ2) is 7.17. The van der Waals surface area contributed by atoms with Crippen molar-refractivity contribution in [2.75, 3.05) is 6.61 Å². The SMILES string of the molecule is CC1(C)CC(NC2CCC2)CC1C[C@@H]1O[C@H](CO)[C@H](O)[C@H](O)[C@H]1O. The van der Waals surface area contributed by atoms with Crippen molar-refractivity contribution in [1.82, 2.24) is 5.32 Å². The number of nitrogens with one attached hydrogen (secondary N) is 1. The van der Waals surface area contributed by atoms with Crippen molar-refractivity contribution in [3.05, 3.63) is 0 Å². The van der Waals surface area contributed by atoms with Gasteiger partial charge in [-0.2, -0.15) is 0 Å². The highest BCUT2D eigenvalue weighted by molar-refractivity contribution is 4.99. The maximum Gasteiger partial charge on any atom is 0.111 e. The first kappa shape index (κ1) is 18.5. The lowest BCUT2D eigenvalue weighted by molar-refractivity contribution is -0.233. The molecule has 0 spiro atoms. The Hall–Kier alpha value is -0.240. The van der Waals surface area contributed by atoms with Crippen molar-refractivity contribution in [2.45, 2.75) is 95.0 Å². The molecule has 0 aromatic heterocycles. The molecule has 6 nitrogen and oxygen atoms in total. The number of hydrogen-bond donors (Lipinski definition) is 5. The van der Waals surface area contributed by atoms with E-state index in [-0.39, 0.29) is 12.0 Å². The minimum Gasteiger partial charge on any atom is -0.394 e. The first-order valence-corrected chi connectivity index (χ1v) is 9.38. The molecule has 24 heavy (non-hydrogen) atoms. The fraction of sp³-hybridized carbons (Fsp3) is 1.00. The number of aliphatic hydroxyl groups excluding tert-OH is 4.